The fourth-order valence-corrected chi connectivity index (χ4v) is 1.61. The summed E-state index contributed by atoms with van der Waals surface area (Å²) in [7, 11) is 5.61. The van der Waals surface area contributed by atoms with Crippen LogP contribution in [0.5, 0.6) is 0 Å². The summed E-state index contributed by atoms with van der Waals surface area (Å²) in [4.78, 5) is 16.7. The maximum absolute atomic E-state index is 9.86. The van der Waals surface area contributed by atoms with E-state index in [9.17, 15) is 5.11 Å². The molecule has 0 radical (unpaired) electrons. The number of hydrogen-bond donors (Lipinski definition) is 2. The number of rotatable bonds is 6. The molecule has 0 saturated heterocycles. The lowest BCUT2D eigenvalue weighted by atomic mass is 10.1. The smallest absolute Gasteiger partial charge is 0.231 e. The van der Waals surface area contributed by atoms with Crippen molar-refractivity contribution in [3.63, 3.8) is 0 Å². The van der Waals surface area contributed by atoms with Gasteiger partial charge >= 0.3 is 0 Å². The van der Waals surface area contributed by atoms with Gasteiger partial charge in [-0.2, -0.15) is 15.0 Å². The van der Waals surface area contributed by atoms with Crippen molar-refractivity contribution in [2.75, 3.05) is 49.3 Å². The van der Waals surface area contributed by atoms with Crippen LogP contribution >= 0.6 is 0 Å². The Kier molecular flexibility index (Phi) is 4.88. The van der Waals surface area contributed by atoms with Gasteiger partial charge in [-0.15, -0.1) is 0 Å². The Morgan fingerprint density at radius 2 is 1.68 bits per heavy atom. The van der Waals surface area contributed by atoms with E-state index in [-0.39, 0.29) is 0 Å². The molecule has 0 saturated carbocycles. The second-order valence-corrected chi connectivity index (χ2v) is 5.35. The Morgan fingerprint density at radius 1 is 1.11 bits per heavy atom. The van der Waals surface area contributed by atoms with Crippen molar-refractivity contribution in [1.82, 2.24) is 15.0 Å². The molecule has 19 heavy (non-hydrogen) atoms. The Balaban J connectivity index is 3.04. The second-order valence-electron chi connectivity index (χ2n) is 5.35. The topological polar surface area (TPSA) is 77.4 Å². The Morgan fingerprint density at radius 3 is 2.16 bits per heavy atom. The van der Waals surface area contributed by atoms with Crippen LogP contribution < -0.4 is 15.1 Å². The van der Waals surface area contributed by atoms with Crippen LogP contribution in [-0.2, 0) is 0 Å². The van der Waals surface area contributed by atoms with Gasteiger partial charge in [0.2, 0.25) is 17.8 Å². The van der Waals surface area contributed by atoms with Gasteiger partial charge in [-0.05, 0) is 20.8 Å². The number of aliphatic hydroxyl groups is 1. The first kappa shape index (κ1) is 15.4. The van der Waals surface area contributed by atoms with Gasteiger partial charge in [0.1, 0.15) is 0 Å². The van der Waals surface area contributed by atoms with E-state index in [1.54, 1.807) is 13.8 Å². The highest BCUT2D eigenvalue weighted by molar-refractivity contribution is 5.44. The zero-order chi connectivity index (χ0) is 14.6. The molecule has 0 aromatic carbocycles. The number of anilines is 3. The van der Waals surface area contributed by atoms with Crippen molar-refractivity contribution in [3.8, 4) is 0 Å². The van der Waals surface area contributed by atoms with E-state index < -0.39 is 5.60 Å². The van der Waals surface area contributed by atoms with Gasteiger partial charge < -0.3 is 20.2 Å². The first-order valence-electron chi connectivity index (χ1n) is 6.33. The Hall–Kier alpha value is -1.63. The number of nitrogens with one attached hydrogen (secondary N) is 1. The van der Waals surface area contributed by atoms with E-state index in [0.717, 1.165) is 6.54 Å². The van der Waals surface area contributed by atoms with Crippen LogP contribution in [0.1, 0.15) is 20.8 Å². The molecule has 0 aliphatic rings. The summed E-state index contributed by atoms with van der Waals surface area (Å²) in [6.07, 6.45) is 0. The van der Waals surface area contributed by atoms with E-state index in [0.29, 0.717) is 24.4 Å². The van der Waals surface area contributed by atoms with Gasteiger partial charge in [-0.3, -0.25) is 0 Å². The molecule has 7 heteroatoms. The van der Waals surface area contributed by atoms with E-state index in [2.05, 4.69) is 20.3 Å². The Labute approximate surface area is 114 Å². The van der Waals surface area contributed by atoms with Gasteiger partial charge in [0, 0.05) is 34.2 Å². The lowest BCUT2D eigenvalue weighted by molar-refractivity contribution is 0.0883. The highest BCUT2D eigenvalue weighted by Gasteiger charge is 2.19. The van der Waals surface area contributed by atoms with Gasteiger partial charge in [-0.25, -0.2) is 0 Å². The molecule has 108 valence electrons. The molecule has 1 heterocycles. The van der Waals surface area contributed by atoms with Crippen LogP contribution in [0.4, 0.5) is 17.8 Å². The van der Waals surface area contributed by atoms with Crippen LogP contribution in [-0.4, -0.2) is 59.9 Å². The maximum atomic E-state index is 9.86. The number of likely N-dealkylation sites (N-methyl/N-ethyl adjacent to an activating group) is 1. The molecule has 0 atom stereocenters. The minimum atomic E-state index is -0.808. The average Bonchev–Trinajstić information content (AvgIpc) is 2.26. The molecular formula is C12H24N6O. The SMILES string of the molecule is CCNc1nc(N(C)C)nc(N(C)CC(C)(C)O)n1. The molecule has 0 amide bonds. The average molecular weight is 268 g/mol. The maximum Gasteiger partial charge on any atom is 0.231 e. The normalized spacial score (nSPS) is 11.3. The van der Waals surface area contributed by atoms with Gasteiger partial charge in [-0.1, -0.05) is 0 Å². The molecule has 0 aliphatic carbocycles. The third-order valence-electron chi connectivity index (χ3n) is 2.31. The molecule has 7 nitrogen and oxygen atoms in total. The molecular weight excluding hydrogens is 244 g/mol. The molecule has 0 spiro atoms. The third-order valence-corrected chi connectivity index (χ3v) is 2.31. The van der Waals surface area contributed by atoms with Crippen molar-refractivity contribution in [2.45, 2.75) is 26.4 Å². The molecule has 1 aromatic rings. The van der Waals surface area contributed by atoms with E-state index in [4.69, 9.17) is 0 Å². The number of aromatic nitrogens is 3. The lowest BCUT2D eigenvalue weighted by Gasteiger charge is -2.26. The van der Waals surface area contributed by atoms with Crippen LogP contribution in [0.15, 0.2) is 0 Å². The standard InChI is InChI=1S/C12H24N6O/c1-7-13-9-14-10(17(4)5)16-11(15-9)18(6)8-12(2,3)19/h19H,7-8H2,1-6H3,(H,13,14,15,16). The van der Waals surface area contributed by atoms with Crippen molar-refractivity contribution < 1.29 is 5.11 Å². The lowest BCUT2D eigenvalue weighted by Crippen LogP contribution is -2.37. The van der Waals surface area contributed by atoms with Crippen molar-refractivity contribution in [1.29, 1.82) is 0 Å². The van der Waals surface area contributed by atoms with E-state index in [1.807, 2.05) is 37.9 Å². The second kappa shape index (κ2) is 6.01. The van der Waals surface area contributed by atoms with Crippen molar-refractivity contribution >= 4 is 17.8 Å². The van der Waals surface area contributed by atoms with Gasteiger partial charge in [0.05, 0.1) is 5.60 Å². The summed E-state index contributed by atoms with van der Waals surface area (Å²) in [6.45, 7) is 6.67. The van der Waals surface area contributed by atoms with Crippen molar-refractivity contribution in [2.24, 2.45) is 0 Å². The molecule has 0 bridgehead atoms. The van der Waals surface area contributed by atoms with Crippen LogP contribution in [0.3, 0.4) is 0 Å². The highest BCUT2D eigenvalue weighted by Crippen LogP contribution is 2.16. The van der Waals surface area contributed by atoms with Crippen LogP contribution in [0.2, 0.25) is 0 Å². The zero-order valence-electron chi connectivity index (χ0n) is 12.6. The predicted octanol–water partition coefficient (Wildman–Crippen LogP) is 0.576. The number of hydrogen-bond acceptors (Lipinski definition) is 7. The fraction of sp³-hybridized carbons (Fsp3) is 0.750. The number of nitrogens with zero attached hydrogens (tertiary/aromatic N) is 5. The fourth-order valence-electron chi connectivity index (χ4n) is 1.61. The molecule has 0 unspecified atom stereocenters. The van der Waals surface area contributed by atoms with Crippen LogP contribution in [0.25, 0.3) is 0 Å². The van der Waals surface area contributed by atoms with Crippen LogP contribution in [0, 0.1) is 0 Å². The highest BCUT2D eigenvalue weighted by atomic mass is 16.3. The van der Waals surface area contributed by atoms with Gasteiger partial charge in [0.15, 0.2) is 0 Å². The van der Waals surface area contributed by atoms with E-state index >= 15 is 0 Å². The summed E-state index contributed by atoms with van der Waals surface area (Å²) in [5, 5.41) is 12.9. The van der Waals surface area contributed by atoms with Gasteiger partial charge in [0.25, 0.3) is 0 Å². The minimum absolute atomic E-state index is 0.440. The molecule has 0 aliphatic heterocycles. The van der Waals surface area contributed by atoms with Crippen molar-refractivity contribution in [3.05, 3.63) is 0 Å². The predicted molar refractivity (Wildman–Crippen MR) is 77.9 cm³/mol. The largest absolute Gasteiger partial charge is 0.389 e. The summed E-state index contributed by atoms with van der Waals surface area (Å²) >= 11 is 0. The molecule has 1 rings (SSSR count). The quantitative estimate of drug-likeness (QED) is 0.781. The summed E-state index contributed by atoms with van der Waals surface area (Å²) in [5.74, 6) is 1.67. The summed E-state index contributed by atoms with van der Waals surface area (Å²) in [5.41, 5.74) is -0.808. The third kappa shape index (κ3) is 4.86. The monoisotopic (exact) mass is 268 g/mol. The molecule has 0 fully saturated rings. The molecule has 2 N–H and O–H groups in total. The first-order chi connectivity index (χ1) is 8.73. The summed E-state index contributed by atoms with van der Waals surface area (Å²) in [6, 6.07) is 0. The molecule has 1 aromatic heterocycles. The Bertz CT molecular complexity index is 415. The summed E-state index contributed by atoms with van der Waals surface area (Å²) < 4.78 is 0. The van der Waals surface area contributed by atoms with E-state index in [1.165, 1.54) is 0 Å². The minimum Gasteiger partial charge on any atom is -0.389 e. The zero-order valence-corrected chi connectivity index (χ0v) is 12.6. The first-order valence-corrected chi connectivity index (χ1v) is 6.33.